The van der Waals surface area contributed by atoms with Gasteiger partial charge in [-0.3, -0.25) is 9.69 Å². The van der Waals surface area contributed by atoms with Gasteiger partial charge >= 0.3 is 5.97 Å². The number of carbonyl (C=O) groups is 1. The average molecular weight is 276 g/mol. The van der Waals surface area contributed by atoms with Gasteiger partial charge in [0.05, 0.1) is 0 Å². The minimum atomic E-state index is -0.806. The highest BCUT2D eigenvalue weighted by Crippen LogP contribution is 2.25. The van der Waals surface area contributed by atoms with Gasteiger partial charge in [0.1, 0.15) is 5.54 Å². The Balaban J connectivity index is 1.96. The van der Waals surface area contributed by atoms with Gasteiger partial charge in [0, 0.05) is 24.8 Å². The van der Waals surface area contributed by atoms with E-state index in [2.05, 4.69) is 29.2 Å². The lowest BCUT2D eigenvalue weighted by Gasteiger charge is -2.43. The van der Waals surface area contributed by atoms with Gasteiger partial charge in [-0.2, -0.15) is 0 Å². The maximum Gasteiger partial charge on any atom is 0.323 e. The fraction of sp³-hybridized carbons (Fsp3) is 0.562. The van der Waals surface area contributed by atoms with Crippen molar-refractivity contribution in [2.75, 3.05) is 25.0 Å². The maximum absolute atomic E-state index is 11.3. The fourth-order valence-corrected chi connectivity index (χ4v) is 2.76. The molecule has 0 atom stereocenters. The number of carboxylic acids is 1. The molecule has 0 spiro atoms. The van der Waals surface area contributed by atoms with Gasteiger partial charge in [0.15, 0.2) is 0 Å². The van der Waals surface area contributed by atoms with E-state index in [0.29, 0.717) is 6.04 Å². The van der Waals surface area contributed by atoms with Crippen LogP contribution in [0.3, 0.4) is 0 Å². The van der Waals surface area contributed by atoms with Crippen LogP contribution in [0.15, 0.2) is 30.3 Å². The van der Waals surface area contributed by atoms with Gasteiger partial charge in [0.25, 0.3) is 0 Å². The highest BCUT2D eigenvalue weighted by Gasteiger charge is 2.37. The predicted octanol–water partition coefficient (Wildman–Crippen LogP) is 2.45. The number of likely N-dealkylation sites (N-methyl/N-ethyl adjacent to an activating group) is 1. The summed E-state index contributed by atoms with van der Waals surface area (Å²) in [5, 5.41) is 9.32. The third-order valence-electron chi connectivity index (χ3n) is 4.54. The Kier molecular flexibility index (Phi) is 4.33. The zero-order valence-corrected chi connectivity index (χ0v) is 12.5. The van der Waals surface area contributed by atoms with Crippen LogP contribution in [-0.4, -0.2) is 47.7 Å². The van der Waals surface area contributed by atoms with E-state index in [-0.39, 0.29) is 0 Å². The first-order chi connectivity index (χ1) is 9.43. The smallest absolute Gasteiger partial charge is 0.323 e. The van der Waals surface area contributed by atoms with Crippen molar-refractivity contribution < 1.29 is 9.90 Å². The number of aliphatic carboxylic acids is 1. The Bertz CT molecular complexity index is 451. The summed E-state index contributed by atoms with van der Waals surface area (Å²) in [4.78, 5) is 15.7. The molecule has 0 bridgehead atoms. The van der Waals surface area contributed by atoms with Crippen LogP contribution in [-0.2, 0) is 4.79 Å². The molecule has 0 aliphatic carbocycles. The van der Waals surface area contributed by atoms with E-state index < -0.39 is 11.5 Å². The van der Waals surface area contributed by atoms with E-state index in [1.54, 1.807) is 13.8 Å². The quantitative estimate of drug-likeness (QED) is 0.917. The molecule has 20 heavy (non-hydrogen) atoms. The summed E-state index contributed by atoms with van der Waals surface area (Å²) in [6.07, 6.45) is 2.00. The Hall–Kier alpha value is -1.55. The molecule has 4 nitrogen and oxygen atoms in total. The van der Waals surface area contributed by atoms with E-state index >= 15 is 0 Å². The molecule has 0 saturated carbocycles. The van der Waals surface area contributed by atoms with Crippen LogP contribution in [0.5, 0.6) is 0 Å². The number of hydrogen-bond acceptors (Lipinski definition) is 3. The van der Waals surface area contributed by atoms with Crippen LogP contribution in [0, 0.1) is 0 Å². The largest absolute Gasteiger partial charge is 0.480 e. The Morgan fingerprint density at radius 3 is 2.30 bits per heavy atom. The van der Waals surface area contributed by atoms with Crippen molar-refractivity contribution in [1.82, 2.24) is 4.90 Å². The van der Waals surface area contributed by atoms with E-state index in [0.717, 1.165) is 25.9 Å². The van der Waals surface area contributed by atoms with Crippen LogP contribution < -0.4 is 4.90 Å². The first-order valence-corrected chi connectivity index (χ1v) is 7.19. The lowest BCUT2D eigenvalue weighted by molar-refractivity contribution is -0.150. The molecule has 0 unspecified atom stereocenters. The summed E-state index contributed by atoms with van der Waals surface area (Å²) in [7, 11) is 1.93. The summed E-state index contributed by atoms with van der Waals surface area (Å²) in [6.45, 7) is 5.52. The molecule has 1 N–H and O–H groups in total. The van der Waals surface area contributed by atoms with E-state index in [1.165, 1.54) is 5.69 Å². The minimum absolute atomic E-state index is 0.334. The summed E-state index contributed by atoms with van der Waals surface area (Å²) >= 11 is 0. The number of hydrogen-bond donors (Lipinski definition) is 1. The van der Waals surface area contributed by atoms with Crippen molar-refractivity contribution in [1.29, 1.82) is 0 Å². The van der Waals surface area contributed by atoms with Crippen LogP contribution in [0.25, 0.3) is 0 Å². The van der Waals surface area contributed by atoms with Gasteiger partial charge in [0.2, 0.25) is 0 Å². The molecule has 1 aromatic carbocycles. The highest BCUT2D eigenvalue weighted by atomic mass is 16.4. The second-order valence-corrected chi connectivity index (χ2v) is 6.03. The molecule has 0 aromatic heterocycles. The molecule has 110 valence electrons. The zero-order chi connectivity index (χ0) is 14.8. The third-order valence-corrected chi connectivity index (χ3v) is 4.54. The fourth-order valence-electron chi connectivity index (χ4n) is 2.76. The number of piperidine rings is 1. The zero-order valence-electron chi connectivity index (χ0n) is 12.5. The van der Waals surface area contributed by atoms with Crippen molar-refractivity contribution >= 4 is 11.7 Å². The minimum Gasteiger partial charge on any atom is -0.480 e. The molecule has 1 aliphatic heterocycles. The molecular formula is C16H24N2O2. The van der Waals surface area contributed by atoms with Crippen molar-refractivity contribution in [3.63, 3.8) is 0 Å². The SMILES string of the molecule is CN(C1CCN(c2ccccc2)CC1)C(C)(C)C(=O)O. The molecule has 1 fully saturated rings. The van der Waals surface area contributed by atoms with E-state index in [4.69, 9.17) is 0 Å². The second kappa shape index (κ2) is 5.83. The number of carboxylic acid groups (broad SMARTS) is 1. The van der Waals surface area contributed by atoms with Crippen LogP contribution in [0.1, 0.15) is 26.7 Å². The van der Waals surface area contributed by atoms with Gasteiger partial charge in [-0.25, -0.2) is 0 Å². The molecule has 2 rings (SSSR count). The second-order valence-electron chi connectivity index (χ2n) is 6.03. The molecule has 0 amide bonds. The van der Waals surface area contributed by atoms with Crippen molar-refractivity contribution in [3.05, 3.63) is 30.3 Å². The molecule has 4 heteroatoms. The topological polar surface area (TPSA) is 43.8 Å². The first kappa shape index (κ1) is 14.9. The standard InChI is InChI=1S/C16H24N2O2/c1-16(2,15(19)20)17(3)13-9-11-18(12-10-13)14-7-5-4-6-8-14/h4-8,13H,9-12H2,1-3H3,(H,19,20). The monoisotopic (exact) mass is 276 g/mol. The number of nitrogens with zero attached hydrogens (tertiary/aromatic N) is 2. The average Bonchev–Trinajstić information content (AvgIpc) is 2.47. The molecule has 1 saturated heterocycles. The molecule has 1 heterocycles. The highest BCUT2D eigenvalue weighted by molar-refractivity contribution is 5.77. The van der Waals surface area contributed by atoms with Crippen LogP contribution >= 0.6 is 0 Å². The number of benzene rings is 1. The molecule has 1 aliphatic rings. The third kappa shape index (κ3) is 2.96. The lowest BCUT2D eigenvalue weighted by Crippen LogP contribution is -2.55. The Morgan fingerprint density at radius 2 is 1.80 bits per heavy atom. The molecule has 1 aromatic rings. The number of anilines is 1. The first-order valence-electron chi connectivity index (χ1n) is 7.19. The number of rotatable bonds is 4. The number of para-hydroxylation sites is 1. The van der Waals surface area contributed by atoms with Gasteiger partial charge in [-0.05, 0) is 45.9 Å². The van der Waals surface area contributed by atoms with Gasteiger partial charge in [-0.1, -0.05) is 18.2 Å². The van der Waals surface area contributed by atoms with Crippen LogP contribution in [0.4, 0.5) is 5.69 Å². The molecular weight excluding hydrogens is 252 g/mol. The normalized spacial score (nSPS) is 17.5. The predicted molar refractivity (Wildman–Crippen MR) is 81.2 cm³/mol. The van der Waals surface area contributed by atoms with E-state index in [1.807, 2.05) is 18.0 Å². The Morgan fingerprint density at radius 1 is 1.25 bits per heavy atom. The maximum atomic E-state index is 11.3. The van der Waals surface area contributed by atoms with Crippen molar-refractivity contribution in [3.8, 4) is 0 Å². The van der Waals surface area contributed by atoms with E-state index in [9.17, 15) is 9.90 Å². The van der Waals surface area contributed by atoms with Gasteiger partial charge in [-0.15, -0.1) is 0 Å². The van der Waals surface area contributed by atoms with Crippen molar-refractivity contribution in [2.24, 2.45) is 0 Å². The summed E-state index contributed by atoms with van der Waals surface area (Å²) in [5.41, 5.74) is 0.450. The summed E-state index contributed by atoms with van der Waals surface area (Å²) in [6, 6.07) is 10.7. The Labute approximate surface area is 121 Å². The molecule has 0 radical (unpaired) electrons. The van der Waals surface area contributed by atoms with Crippen molar-refractivity contribution in [2.45, 2.75) is 38.3 Å². The van der Waals surface area contributed by atoms with Gasteiger partial charge < -0.3 is 10.0 Å². The lowest BCUT2D eigenvalue weighted by atomic mass is 9.95. The summed E-state index contributed by atoms with van der Waals surface area (Å²) in [5.74, 6) is -0.759. The summed E-state index contributed by atoms with van der Waals surface area (Å²) < 4.78 is 0. The van der Waals surface area contributed by atoms with Crippen LogP contribution in [0.2, 0.25) is 0 Å².